The van der Waals surface area contributed by atoms with Gasteiger partial charge >= 0.3 is 0 Å². The van der Waals surface area contributed by atoms with Crippen LogP contribution in [0.25, 0.3) is 11.1 Å². The molecule has 3 N–H and O–H groups in total. The molecule has 1 aliphatic carbocycles. The van der Waals surface area contributed by atoms with Crippen molar-refractivity contribution >= 4 is 39.5 Å². The molecule has 30 heavy (non-hydrogen) atoms. The monoisotopic (exact) mass is 414 g/mol. The summed E-state index contributed by atoms with van der Waals surface area (Å²) in [6.07, 6.45) is 1.75. The van der Waals surface area contributed by atoms with Crippen LogP contribution in [0, 0.1) is 11.3 Å². The maximum Gasteiger partial charge on any atom is 0.247 e. The molecule has 7 heteroatoms. The van der Waals surface area contributed by atoms with Gasteiger partial charge < -0.3 is 16.0 Å². The number of nitriles is 1. The van der Waals surface area contributed by atoms with Gasteiger partial charge in [-0.3, -0.25) is 9.59 Å². The lowest BCUT2D eigenvalue weighted by molar-refractivity contribution is -0.122. The highest BCUT2D eigenvalue weighted by atomic mass is 32.1. The molecule has 0 fully saturated rings. The molecule has 1 aliphatic heterocycles. The lowest BCUT2D eigenvalue weighted by atomic mass is 9.88. The average Bonchev–Trinajstić information content (AvgIpc) is 3.11. The van der Waals surface area contributed by atoms with Crippen molar-refractivity contribution in [2.45, 2.75) is 25.3 Å². The number of carbonyl (C=O) groups is 2. The van der Waals surface area contributed by atoms with E-state index in [0.29, 0.717) is 16.3 Å². The molecule has 0 spiro atoms. The van der Waals surface area contributed by atoms with E-state index < -0.39 is 6.04 Å². The standard InChI is InChI=1S/C23H18N4O2S/c24-12-15-21-14-6-2-1-5-13(14)9-10-19(21)30-23(15)27-20(28)11-18-22(29)26-17-8-4-3-7-16(17)25-18/h1-8,18,25H,9-11H2,(H,26,29)(H,27,28). The molecular weight excluding hydrogens is 396 g/mol. The number of fused-ring (bicyclic) bond motifs is 4. The number of nitrogens with one attached hydrogen (secondary N) is 3. The number of anilines is 3. The fourth-order valence-electron chi connectivity index (χ4n) is 4.06. The van der Waals surface area contributed by atoms with Crippen molar-refractivity contribution in [1.29, 1.82) is 5.26 Å². The second-order valence-corrected chi connectivity index (χ2v) is 8.46. The van der Waals surface area contributed by atoms with E-state index in [1.807, 2.05) is 42.5 Å². The van der Waals surface area contributed by atoms with Gasteiger partial charge in [0.05, 0.1) is 23.4 Å². The summed E-state index contributed by atoms with van der Waals surface area (Å²) in [5.74, 6) is -0.547. The number of nitrogens with zero attached hydrogens (tertiary/aromatic N) is 1. The third-order valence-corrected chi connectivity index (χ3v) is 6.64. The number of hydrogen-bond donors (Lipinski definition) is 3. The Kier molecular flexibility index (Phi) is 4.49. The second-order valence-electron chi connectivity index (χ2n) is 7.36. The molecular formula is C23H18N4O2S. The Morgan fingerprint density at radius 2 is 1.90 bits per heavy atom. The lowest BCUT2D eigenvalue weighted by Crippen LogP contribution is -2.41. The summed E-state index contributed by atoms with van der Waals surface area (Å²) in [6, 6.07) is 17.1. The molecule has 5 rings (SSSR count). The summed E-state index contributed by atoms with van der Waals surface area (Å²) in [7, 11) is 0. The Morgan fingerprint density at radius 1 is 1.13 bits per heavy atom. The van der Waals surface area contributed by atoms with E-state index >= 15 is 0 Å². The fraction of sp³-hybridized carbons (Fsp3) is 0.174. The highest BCUT2D eigenvalue weighted by molar-refractivity contribution is 7.17. The molecule has 0 bridgehead atoms. The van der Waals surface area contributed by atoms with Crippen molar-refractivity contribution in [3.8, 4) is 17.2 Å². The third kappa shape index (κ3) is 3.11. The van der Waals surface area contributed by atoms with Crippen molar-refractivity contribution in [3.63, 3.8) is 0 Å². The first kappa shape index (κ1) is 18.4. The lowest BCUT2D eigenvalue weighted by Gasteiger charge is -2.26. The molecule has 2 aromatic carbocycles. The SMILES string of the molecule is N#Cc1c(NC(=O)CC2Nc3ccccc3NC2=O)sc2c1-c1ccccc1CC2. The molecule has 1 atom stereocenters. The van der Waals surface area contributed by atoms with Crippen LogP contribution in [-0.2, 0) is 22.4 Å². The number of aryl methyl sites for hydroxylation is 2. The van der Waals surface area contributed by atoms with Gasteiger partial charge in [0.15, 0.2) is 0 Å². The third-order valence-electron chi connectivity index (χ3n) is 5.47. The van der Waals surface area contributed by atoms with Gasteiger partial charge in [-0.15, -0.1) is 11.3 Å². The predicted molar refractivity (Wildman–Crippen MR) is 118 cm³/mol. The van der Waals surface area contributed by atoms with Gasteiger partial charge in [-0.05, 0) is 36.1 Å². The highest BCUT2D eigenvalue weighted by Crippen LogP contribution is 2.44. The Morgan fingerprint density at radius 3 is 2.73 bits per heavy atom. The Balaban J connectivity index is 1.37. The van der Waals surface area contributed by atoms with Crippen LogP contribution in [0.4, 0.5) is 16.4 Å². The molecule has 2 heterocycles. The first-order valence-corrected chi connectivity index (χ1v) is 10.6. The first-order chi connectivity index (χ1) is 14.6. The summed E-state index contributed by atoms with van der Waals surface area (Å²) in [5.41, 5.74) is 5.21. The molecule has 0 saturated heterocycles. The van der Waals surface area contributed by atoms with E-state index in [4.69, 9.17) is 0 Å². The summed E-state index contributed by atoms with van der Waals surface area (Å²) in [6.45, 7) is 0. The molecule has 1 aromatic heterocycles. The molecule has 6 nitrogen and oxygen atoms in total. The van der Waals surface area contributed by atoms with Gasteiger partial charge in [0, 0.05) is 10.4 Å². The van der Waals surface area contributed by atoms with E-state index in [9.17, 15) is 14.9 Å². The van der Waals surface area contributed by atoms with Gasteiger partial charge in [-0.25, -0.2) is 0 Å². The van der Waals surface area contributed by atoms with Crippen molar-refractivity contribution < 1.29 is 9.59 Å². The van der Waals surface area contributed by atoms with E-state index in [1.54, 1.807) is 0 Å². The number of rotatable bonds is 3. The smallest absolute Gasteiger partial charge is 0.247 e. The molecule has 0 saturated carbocycles. The molecule has 1 unspecified atom stereocenters. The van der Waals surface area contributed by atoms with Crippen LogP contribution in [0.3, 0.4) is 0 Å². The van der Waals surface area contributed by atoms with Crippen LogP contribution in [0.1, 0.15) is 22.4 Å². The molecule has 2 aliphatic rings. The zero-order valence-corrected chi connectivity index (χ0v) is 16.8. The van der Waals surface area contributed by atoms with E-state index in [2.05, 4.69) is 28.1 Å². The molecule has 2 amide bonds. The van der Waals surface area contributed by atoms with E-state index in [-0.39, 0.29) is 18.2 Å². The van der Waals surface area contributed by atoms with Crippen LogP contribution < -0.4 is 16.0 Å². The van der Waals surface area contributed by atoms with Crippen LogP contribution >= 0.6 is 11.3 Å². The normalized spacial score (nSPS) is 16.2. The minimum atomic E-state index is -0.666. The number of benzene rings is 2. The van der Waals surface area contributed by atoms with Crippen LogP contribution in [0.2, 0.25) is 0 Å². The van der Waals surface area contributed by atoms with Gasteiger partial charge in [0.2, 0.25) is 11.8 Å². The average molecular weight is 414 g/mol. The van der Waals surface area contributed by atoms with Crippen molar-refractivity contribution in [1.82, 2.24) is 0 Å². The predicted octanol–water partition coefficient (Wildman–Crippen LogP) is 4.15. The fourth-order valence-corrected chi connectivity index (χ4v) is 5.24. The van der Waals surface area contributed by atoms with Crippen LogP contribution in [0.5, 0.6) is 0 Å². The van der Waals surface area contributed by atoms with Gasteiger partial charge in [-0.1, -0.05) is 36.4 Å². The minimum Gasteiger partial charge on any atom is -0.372 e. The van der Waals surface area contributed by atoms with Gasteiger partial charge in [-0.2, -0.15) is 5.26 Å². The summed E-state index contributed by atoms with van der Waals surface area (Å²) in [4.78, 5) is 26.2. The summed E-state index contributed by atoms with van der Waals surface area (Å²) < 4.78 is 0. The van der Waals surface area contributed by atoms with Crippen molar-refractivity contribution in [2.75, 3.05) is 16.0 Å². The van der Waals surface area contributed by atoms with Gasteiger partial charge in [0.1, 0.15) is 17.1 Å². The molecule has 0 radical (unpaired) electrons. The number of amides is 2. The molecule has 148 valence electrons. The van der Waals surface area contributed by atoms with E-state index in [0.717, 1.165) is 34.5 Å². The maximum absolute atomic E-state index is 12.7. The van der Waals surface area contributed by atoms with Crippen molar-refractivity contribution in [3.05, 3.63) is 64.5 Å². The highest BCUT2D eigenvalue weighted by Gasteiger charge is 2.29. The number of para-hydroxylation sites is 2. The topological polar surface area (TPSA) is 94.0 Å². The maximum atomic E-state index is 12.7. The summed E-state index contributed by atoms with van der Waals surface area (Å²) >= 11 is 1.45. The Bertz CT molecular complexity index is 1220. The zero-order chi connectivity index (χ0) is 20.7. The summed E-state index contributed by atoms with van der Waals surface area (Å²) in [5, 5.41) is 19.2. The number of carbonyl (C=O) groups excluding carboxylic acids is 2. The van der Waals surface area contributed by atoms with Crippen molar-refractivity contribution in [2.24, 2.45) is 0 Å². The van der Waals surface area contributed by atoms with Gasteiger partial charge in [0.25, 0.3) is 0 Å². The molecule has 3 aromatic rings. The first-order valence-electron chi connectivity index (χ1n) is 9.74. The number of hydrogen-bond acceptors (Lipinski definition) is 5. The largest absolute Gasteiger partial charge is 0.372 e. The zero-order valence-electron chi connectivity index (χ0n) is 16.0. The number of thiophene rings is 1. The quantitative estimate of drug-likeness (QED) is 0.600. The van der Waals surface area contributed by atoms with Crippen LogP contribution in [-0.4, -0.2) is 17.9 Å². The van der Waals surface area contributed by atoms with Crippen LogP contribution in [0.15, 0.2) is 48.5 Å². The Hall–Kier alpha value is -3.63. The minimum absolute atomic E-state index is 0.0236. The van der Waals surface area contributed by atoms with E-state index in [1.165, 1.54) is 16.9 Å². The Labute approximate surface area is 177 Å². The second kappa shape index (κ2) is 7.32.